The minimum absolute atomic E-state index is 0.0949. The number of hydrogen-bond acceptors (Lipinski definition) is 2. The molecule has 1 aliphatic heterocycles. The van der Waals surface area contributed by atoms with Crippen LogP contribution in [0.3, 0.4) is 0 Å². The molecule has 0 saturated carbocycles. The van der Waals surface area contributed by atoms with Gasteiger partial charge < -0.3 is 11.1 Å². The quantitative estimate of drug-likeness (QED) is 0.458. The van der Waals surface area contributed by atoms with E-state index in [-0.39, 0.29) is 11.8 Å². The fourth-order valence-electron chi connectivity index (χ4n) is 0.937. The first-order valence-corrected chi connectivity index (χ1v) is 3.44. The molecule has 4 heteroatoms. The molecule has 1 heterocycles. The zero-order valence-corrected chi connectivity index (χ0v) is 5.84. The van der Waals surface area contributed by atoms with Crippen LogP contribution in [0.1, 0.15) is 0 Å². The van der Waals surface area contributed by atoms with E-state index in [4.69, 9.17) is 5.73 Å². The molecule has 0 spiro atoms. The summed E-state index contributed by atoms with van der Waals surface area (Å²) in [6.45, 7) is 2.93. The van der Waals surface area contributed by atoms with Crippen molar-refractivity contribution in [2.24, 2.45) is 11.7 Å². The summed E-state index contributed by atoms with van der Waals surface area (Å²) in [5.41, 5.74) is 5.10. The summed E-state index contributed by atoms with van der Waals surface area (Å²) in [4.78, 5) is 10.6. The molecule has 1 amide bonds. The van der Waals surface area contributed by atoms with Crippen molar-refractivity contribution in [2.75, 3.05) is 26.2 Å². The number of rotatable bonds is 1. The zero-order chi connectivity index (χ0) is 7.40. The number of primary amides is 1. The number of nitrogens with one attached hydrogen (secondary N) is 1. The number of carbonyl (C=O) groups excluding carboxylic acids is 1. The second kappa shape index (κ2) is 3.53. The van der Waals surface area contributed by atoms with Gasteiger partial charge in [-0.05, 0) is 0 Å². The molecule has 4 nitrogen and oxygen atoms in total. The summed E-state index contributed by atoms with van der Waals surface area (Å²) < 4.78 is 0. The Morgan fingerprint density at radius 1 is 1.70 bits per heavy atom. The van der Waals surface area contributed by atoms with Gasteiger partial charge in [0.1, 0.15) is 0 Å². The monoisotopic (exact) mass is 142 g/mol. The molecule has 0 aromatic heterocycles. The highest BCUT2D eigenvalue weighted by Crippen LogP contribution is 1.93. The van der Waals surface area contributed by atoms with Crippen LogP contribution in [0.5, 0.6) is 0 Å². The summed E-state index contributed by atoms with van der Waals surface area (Å²) in [5, 5.41) is 7.19. The number of hydrogen-bond donors (Lipinski definition) is 2. The van der Waals surface area contributed by atoms with Crippen molar-refractivity contribution in [3.8, 4) is 0 Å². The highest BCUT2D eigenvalue weighted by Gasteiger charge is 2.16. The summed E-state index contributed by atoms with van der Waals surface area (Å²) in [5.74, 6) is -0.347. The highest BCUT2D eigenvalue weighted by atomic mass is 16.1. The van der Waals surface area contributed by atoms with Crippen molar-refractivity contribution in [3.05, 3.63) is 0 Å². The van der Waals surface area contributed by atoms with E-state index in [0.717, 1.165) is 13.1 Å². The second-order valence-corrected chi connectivity index (χ2v) is 2.43. The van der Waals surface area contributed by atoms with Gasteiger partial charge >= 0.3 is 0 Å². The molecular formula is C6H12N3O. The molecule has 1 fully saturated rings. The minimum Gasteiger partial charge on any atom is -0.369 e. The maximum absolute atomic E-state index is 10.6. The Balaban J connectivity index is 2.35. The number of nitrogens with zero attached hydrogens (tertiary/aromatic N) is 1. The molecule has 1 unspecified atom stereocenters. The summed E-state index contributed by atoms with van der Waals surface area (Å²) >= 11 is 0. The first-order valence-electron chi connectivity index (χ1n) is 3.44. The molecule has 0 bridgehead atoms. The predicted octanol–water partition coefficient (Wildman–Crippen LogP) is -1.70. The number of amides is 1. The Kier molecular flexibility index (Phi) is 2.65. The molecule has 1 rings (SSSR count). The third kappa shape index (κ3) is 1.97. The molecule has 1 atom stereocenters. The van der Waals surface area contributed by atoms with Gasteiger partial charge in [-0.2, -0.15) is 0 Å². The smallest absolute Gasteiger partial charge is 0.223 e. The summed E-state index contributed by atoms with van der Waals surface area (Å²) in [6, 6.07) is 0. The largest absolute Gasteiger partial charge is 0.369 e. The van der Waals surface area contributed by atoms with Crippen LogP contribution < -0.4 is 16.4 Å². The van der Waals surface area contributed by atoms with Crippen LogP contribution in [0.4, 0.5) is 0 Å². The van der Waals surface area contributed by atoms with Gasteiger partial charge in [-0.3, -0.25) is 4.79 Å². The molecule has 10 heavy (non-hydrogen) atoms. The lowest BCUT2D eigenvalue weighted by molar-refractivity contribution is -0.121. The molecule has 1 radical (unpaired) electrons. The van der Waals surface area contributed by atoms with Crippen molar-refractivity contribution in [1.29, 1.82) is 0 Å². The lowest BCUT2D eigenvalue weighted by Crippen LogP contribution is -2.34. The van der Waals surface area contributed by atoms with Crippen LogP contribution in [0.15, 0.2) is 0 Å². The van der Waals surface area contributed by atoms with E-state index in [1.165, 1.54) is 0 Å². The SMILES string of the molecule is NC(=O)C1C[N]CCNC1. The molecule has 57 valence electrons. The minimum atomic E-state index is -0.252. The van der Waals surface area contributed by atoms with Crippen molar-refractivity contribution in [1.82, 2.24) is 10.6 Å². The van der Waals surface area contributed by atoms with Crippen LogP contribution in [-0.2, 0) is 4.79 Å². The van der Waals surface area contributed by atoms with E-state index in [1.54, 1.807) is 0 Å². The fraction of sp³-hybridized carbons (Fsp3) is 0.833. The van der Waals surface area contributed by atoms with Gasteiger partial charge in [-0.1, -0.05) is 0 Å². The van der Waals surface area contributed by atoms with Crippen LogP contribution in [0, 0.1) is 5.92 Å². The van der Waals surface area contributed by atoms with Crippen molar-refractivity contribution < 1.29 is 4.79 Å². The van der Waals surface area contributed by atoms with Crippen molar-refractivity contribution in [2.45, 2.75) is 0 Å². The van der Waals surface area contributed by atoms with Gasteiger partial charge in [-0.25, -0.2) is 5.32 Å². The Bertz CT molecular complexity index is 118. The number of carbonyl (C=O) groups is 1. The molecule has 0 aromatic rings. The molecule has 0 aromatic carbocycles. The van der Waals surface area contributed by atoms with E-state index in [9.17, 15) is 4.79 Å². The van der Waals surface area contributed by atoms with Gasteiger partial charge in [0.05, 0.1) is 5.92 Å². The Labute approximate surface area is 60.2 Å². The topological polar surface area (TPSA) is 69.2 Å². The Hall–Kier alpha value is -0.610. The average Bonchev–Trinajstić information content (AvgIpc) is 2.12. The summed E-state index contributed by atoms with van der Waals surface area (Å²) in [6.07, 6.45) is 0. The van der Waals surface area contributed by atoms with Crippen LogP contribution in [-0.4, -0.2) is 32.1 Å². The normalized spacial score (nSPS) is 22.0. The van der Waals surface area contributed by atoms with Gasteiger partial charge in [0.15, 0.2) is 0 Å². The second-order valence-electron chi connectivity index (χ2n) is 2.43. The molecule has 1 saturated heterocycles. The maximum atomic E-state index is 10.6. The first-order chi connectivity index (χ1) is 4.80. The average molecular weight is 142 g/mol. The summed E-state index contributed by atoms with van der Waals surface area (Å²) in [7, 11) is 0. The van der Waals surface area contributed by atoms with Gasteiger partial charge in [0.25, 0.3) is 0 Å². The predicted molar refractivity (Wildman–Crippen MR) is 37.4 cm³/mol. The van der Waals surface area contributed by atoms with Gasteiger partial charge in [0.2, 0.25) is 5.91 Å². The van der Waals surface area contributed by atoms with E-state index < -0.39 is 0 Å². The van der Waals surface area contributed by atoms with Crippen LogP contribution >= 0.6 is 0 Å². The van der Waals surface area contributed by atoms with E-state index in [2.05, 4.69) is 10.6 Å². The van der Waals surface area contributed by atoms with Crippen LogP contribution in [0.25, 0.3) is 0 Å². The first kappa shape index (κ1) is 7.50. The van der Waals surface area contributed by atoms with Crippen LogP contribution in [0.2, 0.25) is 0 Å². The van der Waals surface area contributed by atoms with Crippen molar-refractivity contribution >= 4 is 5.91 Å². The lowest BCUT2D eigenvalue weighted by atomic mass is 10.1. The Morgan fingerprint density at radius 2 is 2.50 bits per heavy atom. The van der Waals surface area contributed by atoms with E-state index >= 15 is 0 Å². The zero-order valence-electron chi connectivity index (χ0n) is 5.84. The van der Waals surface area contributed by atoms with Gasteiger partial charge in [0, 0.05) is 26.2 Å². The number of nitrogens with two attached hydrogens (primary N) is 1. The fourth-order valence-corrected chi connectivity index (χ4v) is 0.937. The molecule has 1 aliphatic rings. The molecule has 0 aliphatic carbocycles. The van der Waals surface area contributed by atoms with Crippen molar-refractivity contribution in [3.63, 3.8) is 0 Å². The Morgan fingerprint density at radius 3 is 3.20 bits per heavy atom. The third-order valence-corrected chi connectivity index (χ3v) is 1.59. The molecular weight excluding hydrogens is 130 g/mol. The van der Waals surface area contributed by atoms with Gasteiger partial charge in [-0.15, -0.1) is 0 Å². The maximum Gasteiger partial charge on any atom is 0.223 e. The highest BCUT2D eigenvalue weighted by molar-refractivity contribution is 5.77. The lowest BCUT2D eigenvalue weighted by Gasteiger charge is -2.07. The van der Waals surface area contributed by atoms with E-state index in [0.29, 0.717) is 13.1 Å². The van der Waals surface area contributed by atoms with E-state index in [1.807, 2.05) is 0 Å². The molecule has 3 N–H and O–H groups in total. The third-order valence-electron chi connectivity index (χ3n) is 1.59. The standard InChI is InChI=1S/C6H12N3O/c7-6(10)5-3-8-1-2-9-4-5/h5,8H,1-4H2,(H2,7,10).